The van der Waals surface area contributed by atoms with Crippen LogP contribution in [0.3, 0.4) is 0 Å². The maximum Gasteiger partial charge on any atom is 0.308 e. The zero-order chi connectivity index (χ0) is 18.8. The number of hydrogen-bond donors (Lipinski definition) is 2. The molecule has 8 nitrogen and oxygen atoms in total. The molecule has 1 aromatic heterocycles. The van der Waals surface area contributed by atoms with Crippen LogP contribution >= 0.6 is 11.3 Å². The average molecular weight is 383 g/mol. The van der Waals surface area contributed by atoms with Crippen LogP contribution in [0.5, 0.6) is 5.75 Å². The van der Waals surface area contributed by atoms with E-state index >= 15 is 0 Å². The van der Waals surface area contributed by atoms with Crippen molar-refractivity contribution in [2.75, 3.05) is 16.3 Å². The Labute approximate surface area is 149 Å². The first-order chi connectivity index (χ1) is 11.6. The molecule has 0 unspecified atom stereocenters. The van der Waals surface area contributed by atoms with Gasteiger partial charge in [-0.1, -0.05) is 17.4 Å². The van der Waals surface area contributed by atoms with Crippen LogP contribution in [0.2, 0.25) is 0 Å². The summed E-state index contributed by atoms with van der Waals surface area (Å²) in [4.78, 5) is 27.8. The second kappa shape index (κ2) is 7.19. The summed E-state index contributed by atoms with van der Waals surface area (Å²) in [6.07, 6.45) is 2.32. The van der Waals surface area contributed by atoms with Crippen LogP contribution in [0.25, 0.3) is 0 Å². The van der Waals surface area contributed by atoms with Crippen LogP contribution in [-0.4, -0.2) is 31.5 Å². The van der Waals surface area contributed by atoms with E-state index in [4.69, 9.17) is 4.74 Å². The topological polar surface area (TPSA) is 114 Å². The normalized spacial score (nSPS) is 11.0. The Bertz CT molecular complexity index is 935. The first-order valence-corrected chi connectivity index (χ1v) is 9.81. The SMILES string of the molecule is CC(=O)Oc1c(C(=O)Nc2ncc(NS(C)(=O)=O)s2)ccc(C)c1C. The van der Waals surface area contributed by atoms with Gasteiger partial charge in [0.1, 0.15) is 10.8 Å². The Balaban J connectivity index is 2.27. The number of nitrogens with one attached hydrogen (secondary N) is 2. The third-order valence-electron chi connectivity index (χ3n) is 3.18. The molecule has 0 aliphatic carbocycles. The van der Waals surface area contributed by atoms with Crippen LogP contribution < -0.4 is 14.8 Å². The second-order valence-corrected chi connectivity index (χ2v) is 8.11. The molecule has 0 atom stereocenters. The Kier molecular flexibility index (Phi) is 5.43. The van der Waals surface area contributed by atoms with Crippen molar-refractivity contribution in [3.05, 3.63) is 35.0 Å². The third-order valence-corrected chi connectivity index (χ3v) is 4.73. The molecule has 2 aromatic rings. The van der Waals surface area contributed by atoms with Crippen LogP contribution in [0.4, 0.5) is 10.1 Å². The molecule has 2 rings (SSSR count). The summed E-state index contributed by atoms with van der Waals surface area (Å²) in [5, 5.41) is 3.05. The number of ether oxygens (including phenoxy) is 1. The average Bonchev–Trinajstić information content (AvgIpc) is 2.88. The zero-order valence-corrected chi connectivity index (χ0v) is 15.7. The molecular formula is C15H17N3O5S2. The fourth-order valence-electron chi connectivity index (χ4n) is 1.97. The van der Waals surface area contributed by atoms with Gasteiger partial charge in [0.25, 0.3) is 5.91 Å². The smallest absolute Gasteiger partial charge is 0.308 e. The van der Waals surface area contributed by atoms with E-state index in [1.165, 1.54) is 13.1 Å². The lowest BCUT2D eigenvalue weighted by atomic mass is 10.0. The number of esters is 1. The van der Waals surface area contributed by atoms with E-state index in [2.05, 4.69) is 15.0 Å². The van der Waals surface area contributed by atoms with Crippen LogP contribution in [0, 0.1) is 13.8 Å². The minimum atomic E-state index is -3.42. The number of thiazole rings is 1. The molecule has 2 N–H and O–H groups in total. The number of nitrogens with zero attached hydrogens (tertiary/aromatic N) is 1. The summed E-state index contributed by atoms with van der Waals surface area (Å²) in [6.45, 7) is 4.85. The van der Waals surface area contributed by atoms with Crippen LogP contribution in [0.1, 0.15) is 28.4 Å². The lowest BCUT2D eigenvalue weighted by molar-refractivity contribution is -0.131. The van der Waals surface area contributed by atoms with Crippen molar-refractivity contribution in [2.24, 2.45) is 0 Å². The molecule has 0 aliphatic heterocycles. The Morgan fingerprint density at radius 3 is 2.52 bits per heavy atom. The number of aryl methyl sites for hydroxylation is 1. The number of benzene rings is 1. The Morgan fingerprint density at radius 1 is 1.24 bits per heavy atom. The highest BCUT2D eigenvalue weighted by atomic mass is 32.2. The lowest BCUT2D eigenvalue weighted by Gasteiger charge is -2.13. The van der Waals surface area contributed by atoms with Crippen molar-refractivity contribution >= 4 is 43.4 Å². The van der Waals surface area contributed by atoms with E-state index in [0.717, 1.165) is 23.2 Å². The van der Waals surface area contributed by atoms with Crippen molar-refractivity contribution in [2.45, 2.75) is 20.8 Å². The fraction of sp³-hybridized carbons (Fsp3) is 0.267. The van der Waals surface area contributed by atoms with E-state index in [-0.39, 0.29) is 21.4 Å². The molecule has 0 saturated heterocycles. The first-order valence-electron chi connectivity index (χ1n) is 7.10. The molecule has 134 valence electrons. The minimum Gasteiger partial charge on any atom is -0.426 e. The number of hydrogen-bond acceptors (Lipinski definition) is 7. The lowest BCUT2D eigenvalue weighted by Crippen LogP contribution is -2.16. The summed E-state index contributed by atoms with van der Waals surface area (Å²) < 4.78 is 29.9. The number of carbonyl (C=O) groups is 2. The minimum absolute atomic E-state index is 0.186. The van der Waals surface area contributed by atoms with Gasteiger partial charge >= 0.3 is 5.97 Å². The molecular weight excluding hydrogens is 366 g/mol. The Morgan fingerprint density at radius 2 is 1.92 bits per heavy atom. The Hall–Kier alpha value is -2.46. The van der Waals surface area contributed by atoms with E-state index in [1.807, 2.05) is 6.92 Å². The number of aromatic nitrogens is 1. The van der Waals surface area contributed by atoms with E-state index < -0.39 is 21.9 Å². The van der Waals surface area contributed by atoms with E-state index in [9.17, 15) is 18.0 Å². The highest BCUT2D eigenvalue weighted by Gasteiger charge is 2.19. The van der Waals surface area contributed by atoms with Gasteiger partial charge in [-0.25, -0.2) is 13.4 Å². The standard InChI is InChI=1S/C15H17N3O5S2/c1-8-5-6-11(13(9(8)2)23-10(3)19)14(20)17-15-16-7-12(24-15)18-25(4,21)22/h5-7,18H,1-4H3,(H,16,17,20). The second-order valence-electron chi connectivity index (χ2n) is 5.34. The molecule has 0 bridgehead atoms. The van der Waals surface area contributed by atoms with Gasteiger partial charge in [-0.2, -0.15) is 0 Å². The molecule has 1 heterocycles. The van der Waals surface area contributed by atoms with Gasteiger partial charge in [0, 0.05) is 6.92 Å². The van der Waals surface area contributed by atoms with Gasteiger partial charge in [-0.15, -0.1) is 0 Å². The first kappa shape index (κ1) is 18.9. The molecule has 1 amide bonds. The van der Waals surface area contributed by atoms with E-state index in [1.54, 1.807) is 19.1 Å². The molecule has 25 heavy (non-hydrogen) atoms. The van der Waals surface area contributed by atoms with Gasteiger partial charge in [0.15, 0.2) is 5.13 Å². The molecule has 0 saturated carbocycles. The maximum absolute atomic E-state index is 12.5. The molecule has 0 spiro atoms. The number of amides is 1. The highest BCUT2D eigenvalue weighted by molar-refractivity contribution is 7.92. The van der Waals surface area contributed by atoms with Crippen LogP contribution in [-0.2, 0) is 14.8 Å². The predicted octanol–water partition coefficient (Wildman–Crippen LogP) is 2.31. The van der Waals surface area contributed by atoms with Crippen LogP contribution in [0.15, 0.2) is 18.3 Å². The predicted molar refractivity (Wildman–Crippen MR) is 95.8 cm³/mol. The zero-order valence-electron chi connectivity index (χ0n) is 14.0. The van der Waals surface area contributed by atoms with Crippen molar-refractivity contribution in [3.63, 3.8) is 0 Å². The number of sulfonamides is 1. The summed E-state index contributed by atoms with van der Waals surface area (Å²) in [7, 11) is -3.42. The molecule has 0 radical (unpaired) electrons. The van der Waals surface area contributed by atoms with Crippen molar-refractivity contribution in [1.82, 2.24) is 4.98 Å². The van der Waals surface area contributed by atoms with Gasteiger partial charge in [0.2, 0.25) is 10.0 Å². The number of anilines is 2. The third kappa shape index (κ3) is 5.00. The van der Waals surface area contributed by atoms with Crippen molar-refractivity contribution in [3.8, 4) is 5.75 Å². The monoisotopic (exact) mass is 383 g/mol. The molecule has 0 aliphatic rings. The fourth-order valence-corrected chi connectivity index (χ4v) is 3.57. The largest absolute Gasteiger partial charge is 0.426 e. The van der Waals surface area contributed by atoms with Gasteiger partial charge in [-0.05, 0) is 31.0 Å². The van der Waals surface area contributed by atoms with Gasteiger partial charge in [0.05, 0.1) is 18.0 Å². The van der Waals surface area contributed by atoms with Crippen molar-refractivity contribution in [1.29, 1.82) is 0 Å². The summed E-state index contributed by atoms with van der Waals surface area (Å²) in [6, 6.07) is 3.30. The highest BCUT2D eigenvalue weighted by Crippen LogP contribution is 2.29. The maximum atomic E-state index is 12.5. The van der Waals surface area contributed by atoms with Crippen molar-refractivity contribution < 1.29 is 22.7 Å². The molecule has 0 fully saturated rings. The van der Waals surface area contributed by atoms with Gasteiger partial charge < -0.3 is 4.74 Å². The summed E-state index contributed by atoms with van der Waals surface area (Å²) in [5.74, 6) is -0.854. The van der Waals surface area contributed by atoms with Gasteiger partial charge in [-0.3, -0.25) is 19.6 Å². The quantitative estimate of drug-likeness (QED) is 0.605. The van der Waals surface area contributed by atoms with E-state index in [0.29, 0.717) is 5.56 Å². The number of rotatable bonds is 5. The summed E-state index contributed by atoms with van der Waals surface area (Å²) in [5.41, 5.74) is 1.74. The molecule has 1 aromatic carbocycles. The summed E-state index contributed by atoms with van der Waals surface area (Å²) >= 11 is 0.969. The molecule has 10 heteroatoms. The number of carbonyl (C=O) groups excluding carboxylic acids is 2.